The molecule has 128 valence electrons. The highest BCUT2D eigenvalue weighted by Gasteiger charge is 2.23. The standard InChI is InChI=1S/C17H21N3O3S/c1-20(10-15-22-7-8-23-15)17(21)14-11-24-16(19-14)13(18)9-12-5-3-2-4-6-12/h2-6,11,13,15H,7-10,18H2,1H3. The zero-order chi connectivity index (χ0) is 16.9. The van der Waals surface area contributed by atoms with E-state index in [0.717, 1.165) is 10.6 Å². The van der Waals surface area contributed by atoms with Crippen LogP contribution in [0.3, 0.4) is 0 Å². The average molecular weight is 347 g/mol. The molecule has 1 unspecified atom stereocenters. The summed E-state index contributed by atoms with van der Waals surface area (Å²) in [5.41, 5.74) is 7.80. The minimum atomic E-state index is -0.350. The van der Waals surface area contributed by atoms with Crippen LogP contribution in [0.25, 0.3) is 0 Å². The summed E-state index contributed by atoms with van der Waals surface area (Å²) in [7, 11) is 1.72. The van der Waals surface area contributed by atoms with E-state index < -0.39 is 0 Å². The fourth-order valence-corrected chi connectivity index (χ4v) is 3.32. The summed E-state index contributed by atoms with van der Waals surface area (Å²) in [5, 5.41) is 2.53. The second kappa shape index (κ2) is 7.85. The summed E-state index contributed by atoms with van der Waals surface area (Å²) in [6.07, 6.45) is 0.346. The maximum absolute atomic E-state index is 12.4. The minimum absolute atomic E-state index is 0.150. The lowest BCUT2D eigenvalue weighted by molar-refractivity contribution is -0.0543. The number of nitrogens with two attached hydrogens (primary N) is 1. The van der Waals surface area contributed by atoms with Gasteiger partial charge in [-0.2, -0.15) is 0 Å². The Hall–Kier alpha value is -1.80. The number of nitrogens with zero attached hydrogens (tertiary/aromatic N) is 2. The number of carbonyl (C=O) groups excluding carboxylic acids is 1. The number of hydrogen-bond acceptors (Lipinski definition) is 6. The van der Waals surface area contributed by atoms with Gasteiger partial charge in [0.25, 0.3) is 5.91 Å². The summed E-state index contributed by atoms with van der Waals surface area (Å²) >= 11 is 1.42. The Morgan fingerprint density at radius 1 is 1.38 bits per heavy atom. The molecule has 1 fully saturated rings. The Morgan fingerprint density at radius 3 is 2.79 bits per heavy atom. The van der Waals surface area contributed by atoms with Crippen LogP contribution in [0.5, 0.6) is 0 Å². The van der Waals surface area contributed by atoms with Crippen LogP contribution >= 0.6 is 11.3 Å². The summed E-state index contributed by atoms with van der Waals surface area (Å²) < 4.78 is 10.7. The normalized spacial score (nSPS) is 16.2. The van der Waals surface area contributed by atoms with Crippen LogP contribution in [0, 0.1) is 0 Å². The van der Waals surface area contributed by atoms with Gasteiger partial charge < -0.3 is 20.1 Å². The van der Waals surface area contributed by atoms with E-state index in [1.165, 1.54) is 11.3 Å². The lowest BCUT2D eigenvalue weighted by Crippen LogP contribution is -2.35. The Kier molecular flexibility index (Phi) is 5.57. The fraction of sp³-hybridized carbons (Fsp3) is 0.412. The predicted octanol–water partition coefficient (Wildman–Crippen LogP) is 1.83. The van der Waals surface area contributed by atoms with Gasteiger partial charge in [0.2, 0.25) is 0 Å². The molecule has 0 aliphatic carbocycles. The number of benzene rings is 1. The van der Waals surface area contributed by atoms with E-state index in [0.29, 0.717) is 31.9 Å². The summed E-state index contributed by atoms with van der Waals surface area (Å²) in [6.45, 7) is 1.53. The van der Waals surface area contributed by atoms with Crippen molar-refractivity contribution in [2.45, 2.75) is 18.8 Å². The molecule has 0 radical (unpaired) electrons. The molecular weight excluding hydrogens is 326 g/mol. The summed E-state index contributed by atoms with van der Waals surface area (Å²) in [4.78, 5) is 18.4. The molecular formula is C17H21N3O3S. The van der Waals surface area contributed by atoms with Crippen LogP contribution < -0.4 is 5.73 Å². The highest BCUT2D eigenvalue weighted by molar-refractivity contribution is 7.09. The highest BCUT2D eigenvalue weighted by atomic mass is 32.1. The second-order valence-electron chi connectivity index (χ2n) is 5.72. The molecule has 1 aliphatic heterocycles. The van der Waals surface area contributed by atoms with Crippen molar-refractivity contribution in [3.63, 3.8) is 0 Å². The van der Waals surface area contributed by atoms with Crippen LogP contribution in [0.15, 0.2) is 35.7 Å². The number of amides is 1. The van der Waals surface area contributed by atoms with Crippen molar-refractivity contribution in [3.05, 3.63) is 52.0 Å². The second-order valence-corrected chi connectivity index (χ2v) is 6.61. The van der Waals surface area contributed by atoms with Gasteiger partial charge in [-0.3, -0.25) is 4.79 Å². The molecule has 2 N–H and O–H groups in total. The number of carbonyl (C=O) groups is 1. The third-order valence-electron chi connectivity index (χ3n) is 3.82. The zero-order valence-electron chi connectivity index (χ0n) is 13.6. The van der Waals surface area contributed by atoms with Gasteiger partial charge in [-0.1, -0.05) is 30.3 Å². The van der Waals surface area contributed by atoms with E-state index in [1.54, 1.807) is 17.3 Å². The van der Waals surface area contributed by atoms with E-state index in [9.17, 15) is 4.79 Å². The van der Waals surface area contributed by atoms with Gasteiger partial charge >= 0.3 is 0 Å². The van der Waals surface area contributed by atoms with Gasteiger partial charge in [0.15, 0.2) is 6.29 Å². The van der Waals surface area contributed by atoms with Gasteiger partial charge in [-0.25, -0.2) is 4.98 Å². The molecule has 6 nitrogen and oxygen atoms in total. The van der Waals surface area contributed by atoms with Gasteiger partial charge in [-0.05, 0) is 12.0 Å². The number of hydrogen-bond donors (Lipinski definition) is 1. The monoisotopic (exact) mass is 347 g/mol. The number of aromatic nitrogens is 1. The Morgan fingerprint density at radius 2 is 2.08 bits per heavy atom. The number of rotatable bonds is 6. The predicted molar refractivity (Wildman–Crippen MR) is 91.8 cm³/mol. The van der Waals surface area contributed by atoms with Crippen LogP contribution in [-0.2, 0) is 15.9 Å². The summed E-state index contributed by atoms with van der Waals surface area (Å²) in [5.74, 6) is -0.150. The zero-order valence-corrected chi connectivity index (χ0v) is 14.4. The first-order valence-electron chi connectivity index (χ1n) is 7.87. The number of thiazole rings is 1. The van der Waals surface area contributed by atoms with Crippen molar-refractivity contribution in [3.8, 4) is 0 Å². The third kappa shape index (κ3) is 4.18. The van der Waals surface area contributed by atoms with E-state index in [2.05, 4.69) is 4.98 Å². The van der Waals surface area contributed by atoms with E-state index in [4.69, 9.17) is 15.2 Å². The van der Waals surface area contributed by atoms with Crippen molar-refractivity contribution in [2.24, 2.45) is 5.73 Å². The molecule has 0 bridgehead atoms. The average Bonchev–Trinajstić information content (AvgIpc) is 3.26. The molecule has 24 heavy (non-hydrogen) atoms. The van der Waals surface area contributed by atoms with Crippen LogP contribution in [0.1, 0.15) is 27.1 Å². The van der Waals surface area contributed by atoms with Crippen LogP contribution in [0.2, 0.25) is 0 Å². The molecule has 1 aliphatic rings. The molecule has 0 saturated carbocycles. The molecule has 2 aromatic rings. The van der Waals surface area contributed by atoms with Crippen molar-refractivity contribution in [1.82, 2.24) is 9.88 Å². The smallest absolute Gasteiger partial charge is 0.273 e. The first kappa shape index (κ1) is 17.0. The van der Waals surface area contributed by atoms with Crippen molar-refractivity contribution < 1.29 is 14.3 Å². The van der Waals surface area contributed by atoms with Gasteiger partial charge in [0, 0.05) is 12.4 Å². The van der Waals surface area contributed by atoms with E-state index >= 15 is 0 Å². The minimum Gasteiger partial charge on any atom is -0.348 e. The maximum atomic E-state index is 12.4. The molecule has 0 spiro atoms. The lowest BCUT2D eigenvalue weighted by Gasteiger charge is -2.19. The van der Waals surface area contributed by atoms with Crippen LogP contribution in [-0.4, -0.2) is 48.9 Å². The Balaban J connectivity index is 1.60. The molecule has 1 saturated heterocycles. The maximum Gasteiger partial charge on any atom is 0.273 e. The molecule has 1 aromatic heterocycles. The highest BCUT2D eigenvalue weighted by Crippen LogP contribution is 2.21. The van der Waals surface area contributed by atoms with Gasteiger partial charge in [-0.15, -0.1) is 11.3 Å². The van der Waals surface area contributed by atoms with Crippen LogP contribution in [0.4, 0.5) is 0 Å². The largest absolute Gasteiger partial charge is 0.348 e. The topological polar surface area (TPSA) is 77.7 Å². The first-order valence-corrected chi connectivity index (χ1v) is 8.75. The van der Waals surface area contributed by atoms with Crippen molar-refractivity contribution in [1.29, 1.82) is 0 Å². The van der Waals surface area contributed by atoms with Crippen molar-refractivity contribution >= 4 is 17.2 Å². The molecule has 3 rings (SSSR count). The van der Waals surface area contributed by atoms with Gasteiger partial charge in [0.05, 0.1) is 25.8 Å². The van der Waals surface area contributed by atoms with Crippen molar-refractivity contribution in [2.75, 3.05) is 26.8 Å². The molecule has 1 amide bonds. The molecule has 1 atom stereocenters. The van der Waals surface area contributed by atoms with E-state index in [1.807, 2.05) is 30.3 Å². The fourth-order valence-electron chi connectivity index (χ4n) is 2.53. The quantitative estimate of drug-likeness (QED) is 0.863. The van der Waals surface area contributed by atoms with E-state index in [-0.39, 0.29) is 18.2 Å². The Bertz CT molecular complexity index is 671. The SMILES string of the molecule is CN(CC1OCCO1)C(=O)c1csc(C(N)Cc2ccccc2)n1. The molecule has 1 aromatic carbocycles. The number of ether oxygens (including phenoxy) is 2. The Labute approximate surface area is 145 Å². The molecule has 7 heteroatoms. The number of likely N-dealkylation sites (N-methyl/N-ethyl adjacent to an activating group) is 1. The lowest BCUT2D eigenvalue weighted by atomic mass is 10.1. The summed E-state index contributed by atoms with van der Waals surface area (Å²) in [6, 6.07) is 9.81. The first-order chi connectivity index (χ1) is 11.6. The third-order valence-corrected chi connectivity index (χ3v) is 4.79. The molecule has 2 heterocycles. The van der Waals surface area contributed by atoms with Gasteiger partial charge in [0.1, 0.15) is 10.7 Å².